The zero-order valence-corrected chi connectivity index (χ0v) is 10.3. The van der Waals surface area contributed by atoms with E-state index in [1.54, 1.807) is 24.5 Å². The number of hydrogen-bond acceptors (Lipinski definition) is 3. The molecule has 0 radical (unpaired) electrons. The molecule has 102 valence electrons. The molecular weight excluding hydrogens is 252 g/mol. The van der Waals surface area contributed by atoms with E-state index < -0.39 is 13.0 Å². The summed E-state index contributed by atoms with van der Waals surface area (Å²) in [7, 11) is 0. The lowest BCUT2D eigenvalue weighted by Crippen LogP contribution is -2.12. The van der Waals surface area contributed by atoms with Crippen LogP contribution < -0.4 is 10.1 Å². The van der Waals surface area contributed by atoms with E-state index in [1.807, 2.05) is 18.2 Å². The van der Waals surface area contributed by atoms with Gasteiger partial charge in [0.1, 0.15) is 18.1 Å². The average Bonchev–Trinajstić information content (AvgIpc) is 2.90. The molecular formula is C14H15F2NO2. The zero-order chi connectivity index (χ0) is 13.5. The lowest BCUT2D eigenvalue weighted by Gasteiger charge is -2.08. The molecule has 1 aromatic heterocycles. The Bertz CT molecular complexity index is 486. The molecule has 0 spiro atoms. The van der Waals surface area contributed by atoms with Gasteiger partial charge in [-0.2, -0.15) is 0 Å². The van der Waals surface area contributed by atoms with Gasteiger partial charge in [-0.25, -0.2) is 8.78 Å². The maximum Gasteiger partial charge on any atom is 0.272 e. The number of ether oxygens (including phenoxy) is 1. The summed E-state index contributed by atoms with van der Waals surface area (Å²) in [5, 5.41) is 3.20. The lowest BCUT2D eigenvalue weighted by molar-refractivity contribution is 0.0818. The van der Waals surface area contributed by atoms with Gasteiger partial charge in [0, 0.05) is 6.54 Å². The van der Waals surface area contributed by atoms with Gasteiger partial charge in [-0.05, 0) is 29.8 Å². The largest absolute Gasteiger partial charge is 0.488 e. The van der Waals surface area contributed by atoms with Gasteiger partial charge < -0.3 is 14.5 Å². The van der Waals surface area contributed by atoms with Crippen LogP contribution in [0.15, 0.2) is 47.1 Å². The first-order valence-electron chi connectivity index (χ1n) is 5.97. The molecule has 2 rings (SSSR count). The molecule has 0 saturated heterocycles. The van der Waals surface area contributed by atoms with Crippen molar-refractivity contribution in [2.45, 2.75) is 19.5 Å². The third kappa shape index (κ3) is 4.71. The Morgan fingerprint density at radius 2 is 2.05 bits per heavy atom. The number of hydrogen-bond donors (Lipinski definition) is 1. The van der Waals surface area contributed by atoms with Gasteiger partial charge in [0.25, 0.3) is 6.43 Å². The van der Waals surface area contributed by atoms with Crippen molar-refractivity contribution < 1.29 is 17.9 Å². The van der Waals surface area contributed by atoms with E-state index in [0.29, 0.717) is 18.8 Å². The molecule has 5 heteroatoms. The number of nitrogens with one attached hydrogen (secondary N) is 1. The Morgan fingerprint density at radius 1 is 1.16 bits per heavy atom. The molecule has 0 saturated carbocycles. The van der Waals surface area contributed by atoms with Crippen LogP contribution in [0.1, 0.15) is 11.3 Å². The third-order valence-corrected chi connectivity index (χ3v) is 2.48. The molecule has 0 aliphatic carbocycles. The number of benzene rings is 1. The molecule has 2 aromatic rings. The highest BCUT2D eigenvalue weighted by atomic mass is 19.3. The standard InChI is InChI=1S/C14H15F2NO2/c15-14(16)10-19-12-4-1-3-11(7-12)8-17-9-13-5-2-6-18-13/h1-7,14,17H,8-10H2. The predicted octanol–water partition coefficient (Wildman–Crippen LogP) is 3.21. The number of furan rings is 1. The van der Waals surface area contributed by atoms with E-state index in [-0.39, 0.29) is 0 Å². The first-order valence-corrected chi connectivity index (χ1v) is 5.97. The normalized spacial score (nSPS) is 10.9. The summed E-state index contributed by atoms with van der Waals surface area (Å²) in [6.45, 7) is 0.658. The summed E-state index contributed by atoms with van der Waals surface area (Å²) >= 11 is 0. The first kappa shape index (κ1) is 13.5. The fraction of sp³-hybridized carbons (Fsp3) is 0.286. The van der Waals surface area contributed by atoms with E-state index in [1.165, 1.54) is 0 Å². The summed E-state index contributed by atoms with van der Waals surface area (Å²) in [6.07, 6.45) is -0.837. The van der Waals surface area contributed by atoms with Crippen molar-refractivity contribution in [1.82, 2.24) is 5.32 Å². The van der Waals surface area contributed by atoms with Crippen LogP contribution in [0.2, 0.25) is 0 Å². The monoisotopic (exact) mass is 267 g/mol. The van der Waals surface area contributed by atoms with Crippen LogP contribution in [0.25, 0.3) is 0 Å². The Kier molecular flexibility index (Phi) is 4.92. The summed E-state index contributed by atoms with van der Waals surface area (Å²) in [5.74, 6) is 1.31. The molecule has 1 heterocycles. The molecule has 0 fully saturated rings. The third-order valence-electron chi connectivity index (χ3n) is 2.48. The van der Waals surface area contributed by atoms with Crippen LogP contribution in [0.4, 0.5) is 8.78 Å². The predicted molar refractivity (Wildman–Crippen MR) is 67.2 cm³/mol. The van der Waals surface area contributed by atoms with Gasteiger partial charge in [0.05, 0.1) is 12.8 Å². The Balaban J connectivity index is 1.81. The molecule has 0 aliphatic rings. The molecule has 1 aromatic carbocycles. The Labute approximate surface area is 110 Å². The number of alkyl halides is 2. The Morgan fingerprint density at radius 3 is 2.79 bits per heavy atom. The minimum atomic E-state index is -2.46. The van der Waals surface area contributed by atoms with Gasteiger partial charge in [-0.15, -0.1) is 0 Å². The van der Waals surface area contributed by atoms with E-state index in [4.69, 9.17) is 9.15 Å². The van der Waals surface area contributed by atoms with Crippen molar-refractivity contribution in [3.63, 3.8) is 0 Å². The van der Waals surface area contributed by atoms with Gasteiger partial charge in [-0.1, -0.05) is 12.1 Å². The average molecular weight is 267 g/mol. The maximum absolute atomic E-state index is 12.0. The highest BCUT2D eigenvalue weighted by molar-refractivity contribution is 5.28. The van der Waals surface area contributed by atoms with Crippen LogP contribution in [0, 0.1) is 0 Å². The molecule has 19 heavy (non-hydrogen) atoms. The smallest absolute Gasteiger partial charge is 0.272 e. The van der Waals surface area contributed by atoms with Crippen LogP contribution >= 0.6 is 0 Å². The van der Waals surface area contributed by atoms with Crippen molar-refractivity contribution in [2.24, 2.45) is 0 Å². The van der Waals surface area contributed by atoms with Gasteiger partial charge >= 0.3 is 0 Å². The highest BCUT2D eigenvalue weighted by Gasteiger charge is 2.04. The van der Waals surface area contributed by atoms with Crippen LogP contribution in [-0.4, -0.2) is 13.0 Å². The van der Waals surface area contributed by atoms with Crippen molar-refractivity contribution in [1.29, 1.82) is 0 Å². The van der Waals surface area contributed by atoms with Crippen LogP contribution in [0.3, 0.4) is 0 Å². The SMILES string of the molecule is FC(F)COc1cccc(CNCc2ccco2)c1. The van der Waals surface area contributed by atoms with Crippen molar-refractivity contribution in [3.05, 3.63) is 54.0 Å². The molecule has 0 amide bonds. The minimum Gasteiger partial charge on any atom is -0.488 e. The fourth-order valence-corrected chi connectivity index (χ4v) is 1.65. The zero-order valence-electron chi connectivity index (χ0n) is 10.3. The van der Waals surface area contributed by atoms with Gasteiger partial charge in [0.15, 0.2) is 0 Å². The summed E-state index contributed by atoms with van der Waals surface area (Å²) in [5.41, 5.74) is 0.971. The second-order valence-corrected chi connectivity index (χ2v) is 4.03. The van der Waals surface area contributed by atoms with Gasteiger partial charge in [-0.3, -0.25) is 0 Å². The fourth-order valence-electron chi connectivity index (χ4n) is 1.65. The summed E-state index contributed by atoms with van der Waals surface area (Å²) in [4.78, 5) is 0. The van der Waals surface area contributed by atoms with E-state index in [2.05, 4.69) is 5.32 Å². The van der Waals surface area contributed by atoms with E-state index in [9.17, 15) is 8.78 Å². The van der Waals surface area contributed by atoms with Crippen molar-refractivity contribution in [2.75, 3.05) is 6.61 Å². The second kappa shape index (κ2) is 6.89. The molecule has 1 N–H and O–H groups in total. The Hall–Kier alpha value is -1.88. The topological polar surface area (TPSA) is 34.4 Å². The highest BCUT2D eigenvalue weighted by Crippen LogP contribution is 2.14. The molecule has 0 atom stereocenters. The quantitative estimate of drug-likeness (QED) is 0.836. The van der Waals surface area contributed by atoms with E-state index >= 15 is 0 Å². The molecule has 3 nitrogen and oxygen atoms in total. The maximum atomic E-state index is 12.0. The molecule has 0 aliphatic heterocycles. The molecule has 0 unspecified atom stereocenters. The van der Waals surface area contributed by atoms with Crippen LogP contribution in [0.5, 0.6) is 5.75 Å². The lowest BCUT2D eigenvalue weighted by atomic mass is 10.2. The van der Waals surface area contributed by atoms with Crippen molar-refractivity contribution in [3.8, 4) is 5.75 Å². The van der Waals surface area contributed by atoms with Crippen LogP contribution in [-0.2, 0) is 13.1 Å². The number of halogens is 2. The molecule has 0 bridgehead atoms. The second-order valence-electron chi connectivity index (χ2n) is 4.03. The summed E-state index contributed by atoms with van der Waals surface area (Å²) in [6, 6.07) is 10.8. The summed E-state index contributed by atoms with van der Waals surface area (Å²) < 4.78 is 34.2. The van der Waals surface area contributed by atoms with Gasteiger partial charge in [0.2, 0.25) is 0 Å². The van der Waals surface area contributed by atoms with E-state index in [0.717, 1.165) is 11.3 Å². The van der Waals surface area contributed by atoms with Crippen molar-refractivity contribution >= 4 is 0 Å². The first-order chi connectivity index (χ1) is 9.24. The minimum absolute atomic E-state index is 0.456. The number of rotatable bonds is 7.